The number of ether oxygens (including phenoxy) is 1. The van der Waals surface area contributed by atoms with Crippen molar-refractivity contribution in [3.8, 4) is 0 Å². The average molecular weight is 376 g/mol. The SMILES string of the molecule is COC(=O)[C@H](CCc1ccccc1)NC(=O)c1cccc(Br)c1. The molecule has 23 heavy (non-hydrogen) atoms. The lowest BCUT2D eigenvalue weighted by molar-refractivity contribution is -0.143. The van der Waals surface area contributed by atoms with Crippen molar-refractivity contribution in [1.29, 1.82) is 0 Å². The van der Waals surface area contributed by atoms with E-state index in [1.165, 1.54) is 7.11 Å². The Morgan fingerprint density at radius 3 is 2.52 bits per heavy atom. The molecule has 0 heterocycles. The van der Waals surface area contributed by atoms with Crippen molar-refractivity contribution in [2.45, 2.75) is 18.9 Å². The number of halogens is 1. The van der Waals surface area contributed by atoms with Crippen LogP contribution in [0, 0.1) is 0 Å². The van der Waals surface area contributed by atoms with E-state index in [-0.39, 0.29) is 5.91 Å². The summed E-state index contributed by atoms with van der Waals surface area (Å²) in [4.78, 5) is 24.2. The minimum absolute atomic E-state index is 0.297. The Bertz CT molecular complexity index is 673. The number of nitrogens with one attached hydrogen (secondary N) is 1. The molecule has 2 rings (SSSR count). The molecule has 0 saturated carbocycles. The summed E-state index contributed by atoms with van der Waals surface area (Å²) in [6.45, 7) is 0. The first-order chi connectivity index (χ1) is 11.1. The van der Waals surface area contributed by atoms with Gasteiger partial charge in [-0.25, -0.2) is 4.79 Å². The molecule has 0 radical (unpaired) electrons. The Balaban J connectivity index is 2.03. The fourth-order valence-corrected chi connectivity index (χ4v) is 2.62. The second kappa shape index (κ2) is 8.48. The lowest BCUT2D eigenvalue weighted by Crippen LogP contribution is -2.41. The molecular formula is C18H18BrNO3. The summed E-state index contributed by atoms with van der Waals surface area (Å²) < 4.78 is 5.61. The first-order valence-corrected chi connectivity index (χ1v) is 8.07. The molecule has 1 atom stereocenters. The number of hydrogen-bond donors (Lipinski definition) is 1. The molecular weight excluding hydrogens is 358 g/mol. The van der Waals surface area contributed by atoms with Crippen LogP contribution in [0.25, 0.3) is 0 Å². The summed E-state index contributed by atoms with van der Waals surface area (Å²) in [5, 5.41) is 2.75. The predicted octanol–water partition coefficient (Wildman–Crippen LogP) is 3.35. The molecule has 0 fully saturated rings. The van der Waals surface area contributed by atoms with Crippen LogP contribution in [-0.2, 0) is 16.0 Å². The minimum Gasteiger partial charge on any atom is -0.467 e. The maximum absolute atomic E-state index is 12.3. The number of methoxy groups -OCH3 is 1. The molecule has 0 aliphatic heterocycles. The molecule has 1 N–H and O–H groups in total. The fourth-order valence-electron chi connectivity index (χ4n) is 2.22. The van der Waals surface area contributed by atoms with Crippen molar-refractivity contribution in [2.24, 2.45) is 0 Å². The van der Waals surface area contributed by atoms with Gasteiger partial charge in [-0.1, -0.05) is 52.3 Å². The number of hydrogen-bond acceptors (Lipinski definition) is 3. The van der Waals surface area contributed by atoms with E-state index in [9.17, 15) is 9.59 Å². The normalized spacial score (nSPS) is 11.6. The van der Waals surface area contributed by atoms with Gasteiger partial charge in [0, 0.05) is 10.0 Å². The molecule has 1 amide bonds. The van der Waals surface area contributed by atoms with Crippen LogP contribution in [0.4, 0.5) is 0 Å². The van der Waals surface area contributed by atoms with Gasteiger partial charge in [0.25, 0.3) is 5.91 Å². The van der Waals surface area contributed by atoms with Gasteiger partial charge >= 0.3 is 5.97 Å². The molecule has 0 bridgehead atoms. The van der Waals surface area contributed by atoms with Gasteiger partial charge in [-0.2, -0.15) is 0 Å². The molecule has 2 aromatic carbocycles. The first-order valence-electron chi connectivity index (χ1n) is 7.28. The molecule has 120 valence electrons. The summed E-state index contributed by atoms with van der Waals surface area (Å²) >= 11 is 3.33. The van der Waals surface area contributed by atoms with Gasteiger partial charge in [0.05, 0.1) is 7.11 Å². The topological polar surface area (TPSA) is 55.4 Å². The maximum Gasteiger partial charge on any atom is 0.328 e. The Hall–Kier alpha value is -2.14. The molecule has 0 aliphatic rings. The van der Waals surface area contributed by atoms with Crippen LogP contribution in [0.5, 0.6) is 0 Å². The van der Waals surface area contributed by atoms with E-state index in [0.29, 0.717) is 18.4 Å². The van der Waals surface area contributed by atoms with E-state index in [0.717, 1.165) is 10.0 Å². The maximum atomic E-state index is 12.3. The summed E-state index contributed by atoms with van der Waals surface area (Å²) in [5.41, 5.74) is 1.60. The summed E-state index contributed by atoms with van der Waals surface area (Å²) in [6.07, 6.45) is 1.16. The van der Waals surface area contributed by atoms with Crippen LogP contribution in [0.2, 0.25) is 0 Å². The van der Waals surface area contributed by atoms with Crippen LogP contribution in [0.1, 0.15) is 22.3 Å². The molecule has 4 nitrogen and oxygen atoms in total. The zero-order valence-electron chi connectivity index (χ0n) is 12.8. The molecule has 0 spiro atoms. The standard InChI is InChI=1S/C18H18BrNO3/c1-23-18(22)16(11-10-13-6-3-2-4-7-13)20-17(21)14-8-5-9-15(19)12-14/h2-9,12,16H,10-11H2,1H3,(H,20,21)/t16-/m0/s1. The molecule has 2 aromatic rings. The molecule has 0 aliphatic carbocycles. The van der Waals surface area contributed by atoms with E-state index in [4.69, 9.17) is 4.74 Å². The third-order valence-corrected chi connectivity index (χ3v) is 3.94. The highest BCUT2D eigenvalue weighted by atomic mass is 79.9. The predicted molar refractivity (Wildman–Crippen MR) is 92.2 cm³/mol. The van der Waals surface area contributed by atoms with Crippen molar-refractivity contribution in [1.82, 2.24) is 5.32 Å². The van der Waals surface area contributed by atoms with Crippen molar-refractivity contribution >= 4 is 27.8 Å². The second-order valence-corrected chi connectivity index (χ2v) is 6.00. The summed E-state index contributed by atoms with van der Waals surface area (Å²) in [5.74, 6) is -0.737. The number of carbonyl (C=O) groups excluding carboxylic acids is 2. The quantitative estimate of drug-likeness (QED) is 0.787. The van der Waals surface area contributed by atoms with Crippen LogP contribution in [-0.4, -0.2) is 25.0 Å². The van der Waals surface area contributed by atoms with E-state index in [1.54, 1.807) is 18.2 Å². The number of benzene rings is 2. The molecule has 0 unspecified atom stereocenters. The lowest BCUT2D eigenvalue weighted by atomic mass is 10.0. The van der Waals surface area contributed by atoms with Gasteiger partial charge in [0.15, 0.2) is 0 Å². The van der Waals surface area contributed by atoms with Crippen LogP contribution in [0.3, 0.4) is 0 Å². The van der Waals surface area contributed by atoms with E-state index in [1.807, 2.05) is 36.4 Å². The summed E-state index contributed by atoms with van der Waals surface area (Å²) in [6, 6.07) is 16.2. The molecule has 0 saturated heterocycles. The fraction of sp³-hybridized carbons (Fsp3) is 0.222. The average Bonchev–Trinajstić information content (AvgIpc) is 2.58. The van der Waals surface area contributed by atoms with Crippen LogP contribution < -0.4 is 5.32 Å². The third-order valence-electron chi connectivity index (χ3n) is 3.44. The van der Waals surface area contributed by atoms with Crippen molar-refractivity contribution in [3.05, 3.63) is 70.2 Å². The van der Waals surface area contributed by atoms with Crippen molar-refractivity contribution in [2.75, 3.05) is 7.11 Å². The largest absolute Gasteiger partial charge is 0.467 e. The zero-order chi connectivity index (χ0) is 16.7. The first kappa shape index (κ1) is 17.2. The number of amides is 1. The highest BCUT2D eigenvalue weighted by molar-refractivity contribution is 9.10. The van der Waals surface area contributed by atoms with Gasteiger partial charge in [0.1, 0.15) is 6.04 Å². The Morgan fingerprint density at radius 1 is 1.13 bits per heavy atom. The van der Waals surface area contributed by atoms with E-state index < -0.39 is 12.0 Å². The van der Waals surface area contributed by atoms with Crippen molar-refractivity contribution in [3.63, 3.8) is 0 Å². The third kappa shape index (κ3) is 5.21. The van der Waals surface area contributed by atoms with Gasteiger partial charge < -0.3 is 10.1 Å². The number of rotatable bonds is 6. The Kier molecular flexibility index (Phi) is 6.35. The summed E-state index contributed by atoms with van der Waals surface area (Å²) in [7, 11) is 1.32. The second-order valence-electron chi connectivity index (χ2n) is 5.08. The number of esters is 1. The monoisotopic (exact) mass is 375 g/mol. The smallest absolute Gasteiger partial charge is 0.328 e. The van der Waals surface area contributed by atoms with Gasteiger partial charge in [-0.05, 0) is 36.6 Å². The Morgan fingerprint density at radius 2 is 1.87 bits per heavy atom. The lowest BCUT2D eigenvalue weighted by Gasteiger charge is -2.16. The van der Waals surface area contributed by atoms with Crippen LogP contribution >= 0.6 is 15.9 Å². The van der Waals surface area contributed by atoms with Gasteiger partial charge in [-0.3, -0.25) is 4.79 Å². The minimum atomic E-state index is -0.674. The van der Waals surface area contributed by atoms with Gasteiger partial charge in [-0.15, -0.1) is 0 Å². The number of aryl methyl sites for hydroxylation is 1. The van der Waals surface area contributed by atoms with E-state index in [2.05, 4.69) is 21.2 Å². The Labute approximate surface area is 144 Å². The van der Waals surface area contributed by atoms with E-state index >= 15 is 0 Å². The zero-order valence-corrected chi connectivity index (χ0v) is 14.4. The number of carbonyl (C=O) groups is 2. The highest BCUT2D eigenvalue weighted by Gasteiger charge is 2.22. The molecule has 5 heteroatoms. The molecule has 0 aromatic heterocycles. The highest BCUT2D eigenvalue weighted by Crippen LogP contribution is 2.12. The van der Waals surface area contributed by atoms with Crippen LogP contribution in [0.15, 0.2) is 59.1 Å². The van der Waals surface area contributed by atoms with Crippen molar-refractivity contribution < 1.29 is 14.3 Å². The van der Waals surface area contributed by atoms with Gasteiger partial charge in [0.2, 0.25) is 0 Å².